The minimum absolute atomic E-state index is 0. The predicted molar refractivity (Wildman–Crippen MR) is 80.9 cm³/mol. The Morgan fingerprint density at radius 3 is 2.27 bits per heavy atom. The third-order valence-electron chi connectivity index (χ3n) is 2.60. The summed E-state index contributed by atoms with van der Waals surface area (Å²) >= 11 is 0. The average molecular weight is 371 g/mol. The molecule has 0 saturated carbocycles. The molecule has 1 radical (unpaired) electrons. The third-order valence-corrected chi connectivity index (χ3v) is 3.54. The molecule has 0 atom stereocenters. The smallest absolute Gasteiger partial charge is 0.370 e. The van der Waals surface area contributed by atoms with Crippen LogP contribution in [-0.4, -0.2) is 24.9 Å². The summed E-state index contributed by atoms with van der Waals surface area (Å²) in [6, 6.07) is 9.69. The monoisotopic (exact) mass is 370 g/mol. The summed E-state index contributed by atoms with van der Waals surface area (Å²) in [4.78, 5) is 6.97. The molecule has 0 amide bonds. The molecule has 22 heavy (non-hydrogen) atoms. The van der Waals surface area contributed by atoms with E-state index in [9.17, 15) is 13.0 Å². The zero-order chi connectivity index (χ0) is 15.6. The Morgan fingerprint density at radius 1 is 1.05 bits per heavy atom. The third kappa shape index (κ3) is 3.95. The fraction of sp³-hybridized carbons (Fsp3) is 0. The van der Waals surface area contributed by atoms with Gasteiger partial charge >= 0.3 is 17.1 Å². The van der Waals surface area contributed by atoms with Gasteiger partial charge in [0.2, 0.25) is 5.96 Å². The van der Waals surface area contributed by atoms with Crippen LogP contribution >= 0.6 is 0 Å². The van der Waals surface area contributed by atoms with Gasteiger partial charge in [0.1, 0.15) is 4.90 Å². The molecule has 0 unspecified atom stereocenters. The fourth-order valence-corrected chi connectivity index (χ4v) is 2.71. The number of rotatable bonds is 2. The number of benzene rings is 2. The molecule has 0 aliphatic heterocycles. The summed E-state index contributed by atoms with van der Waals surface area (Å²) in [7, 11) is -4.51. The molecular weight excluding hydrogens is 358 g/mol. The van der Waals surface area contributed by atoms with E-state index in [0.29, 0.717) is 10.8 Å². The first kappa shape index (κ1) is 17.9. The van der Waals surface area contributed by atoms with E-state index < -0.39 is 10.1 Å². The summed E-state index contributed by atoms with van der Waals surface area (Å²) in [5.74, 6) is -0.638. The van der Waals surface area contributed by atoms with Crippen molar-refractivity contribution in [3.63, 3.8) is 0 Å². The zero-order valence-electron chi connectivity index (χ0n) is 11.1. The summed E-state index contributed by atoms with van der Waals surface area (Å²) in [5, 5.41) is 0.947. The molecule has 8 nitrogen and oxygen atoms in total. The summed E-state index contributed by atoms with van der Waals surface area (Å²) < 4.78 is 32.7. The average Bonchev–Trinajstić information content (AvgIpc) is 2.35. The van der Waals surface area contributed by atoms with Crippen LogP contribution in [-0.2, 0) is 27.2 Å². The maximum atomic E-state index is 11.6. The second-order valence-electron chi connectivity index (χ2n) is 4.12. The van der Waals surface area contributed by atoms with Crippen LogP contribution in [0.4, 0.5) is 5.69 Å². The molecule has 0 aliphatic carbocycles. The standard InChI is InChI=1S/C12H13N5O3S.Cu/c13-11(14)17-12(15)16-9-6-5-7-3-1-2-4-8(7)10(9)21(18,19)20;/h1-6H,(H,18,19,20)(H6,13,14,15,16,17);/q;+2. The number of hydrogen-bond acceptors (Lipinski definition) is 3. The van der Waals surface area contributed by atoms with Gasteiger partial charge in [0.05, 0.1) is 5.69 Å². The molecule has 2 aromatic carbocycles. The van der Waals surface area contributed by atoms with E-state index in [-0.39, 0.29) is 39.6 Å². The number of nitrogens with zero attached hydrogens (tertiary/aromatic N) is 2. The molecule has 0 heterocycles. The van der Waals surface area contributed by atoms with Gasteiger partial charge in [0.25, 0.3) is 10.1 Å². The van der Waals surface area contributed by atoms with Crippen molar-refractivity contribution in [1.29, 1.82) is 0 Å². The van der Waals surface area contributed by atoms with Crippen molar-refractivity contribution >= 4 is 38.5 Å². The van der Waals surface area contributed by atoms with Gasteiger partial charge in [-0.1, -0.05) is 30.3 Å². The normalized spacial score (nSPS) is 11.8. The van der Waals surface area contributed by atoms with Crippen LogP contribution in [0.2, 0.25) is 0 Å². The molecule has 10 heteroatoms. The summed E-state index contributed by atoms with van der Waals surface area (Å²) in [6.07, 6.45) is 0. The van der Waals surface area contributed by atoms with Crippen LogP contribution in [0, 0.1) is 0 Å². The summed E-state index contributed by atoms with van der Waals surface area (Å²) in [5.41, 5.74) is 15.8. The van der Waals surface area contributed by atoms with E-state index >= 15 is 0 Å². The number of aliphatic imine (C=N–C) groups is 2. The van der Waals surface area contributed by atoms with Crippen molar-refractivity contribution in [2.24, 2.45) is 27.2 Å². The quantitative estimate of drug-likeness (QED) is 0.257. The SMILES string of the molecule is NC(N)=NC(N)=Nc1ccc2ccccc2c1S(=O)(=O)O.[Cu+2]. The van der Waals surface area contributed by atoms with E-state index in [0.717, 1.165) is 0 Å². The Hall–Kier alpha value is -2.13. The number of guanidine groups is 2. The van der Waals surface area contributed by atoms with Gasteiger partial charge in [0, 0.05) is 5.39 Å². The van der Waals surface area contributed by atoms with Gasteiger partial charge in [-0.3, -0.25) is 4.55 Å². The fourth-order valence-electron chi connectivity index (χ4n) is 1.87. The molecule has 2 rings (SSSR count). The second-order valence-corrected chi connectivity index (χ2v) is 5.48. The van der Waals surface area contributed by atoms with Gasteiger partial charge in [0.15, 0.2) is 5.96 Å². The molecule has 119 valence electrons. The molecular formula is C12H13CuN5O3S+2. The Labute approximate surface area is 137 Å². The zero-order valence-corrected chi connectivity index (χ0v) is 12.8. The first-order valence-corrected chi connectivity index (χ1v) is 7.16. The van der Waals surface area contributed by atoms with Crippen molar-refractivity contribution in [3.05, 3.63) is 36.4 Å². The first-order valence-electron chi connectivity index (χ1n) is 5.72. The van der Waals surface area contributed by atoms with E-state index in [1.807, 2.05) is 0 Å². The largest absolute Gasteiger partial charge is 2.00 e. The van der Waals surface area contributed by atoms with E-state index in [4.69, 9.17) is 17.2 Å². The van der Waals surface area contributed by atoms with Crippen LogP contribution < -0.4 is 17.2 Å². The van der Waals surface area contributed by atoms with Crippen molar-refractivity contribution in [1.82, 2.24) is 0 Å². The topological polar surface area (TPSA) is 157 Å². The molecule has 0 spiro atoms. The predicted octanol–water partition coefficient (Wildman–Crippen LogP) is 0.304. The minimum atomic E-state index is -4.51. The van der Waals surface area contributed by atoms with Gasteiger partial charge in [-0.05, 0) is 11.5 Å². The molecule has 0 saturated heterocycles. The van der Waals surface area contributed by atoms with Crippen molar-refractivity contribution in [2.45, 2.75) is 4.90 Å². The number of nitrogens with two attached hydrogens (primary N) is 3. The van der Waals surface area contributed by atoms with Gasteiger partial charge in [-0.2, -0.15) is 13.4 Å². The first-order chi connectivity index (χ1) is 9.79. The van der Waals surface area contributed by atoms with E-state index in [2.05, 4.69) is 9.98 Å². The molecule has 0 bridgehead atoms. The molecule has 0 fully saturated rings. The van der Waals surface area contributed by atoms with Crippen molar-refractivity contribution in [3.8, 4) is 0 Å². The van der Waals surface area contributed by atoms with Crippen LogP contribution in [0.25, 0.3) is 10.8 Å². The number of hydrogen-bond donors (Lipinski definition) is 4. The van der Waals surface area contributed by atoms with Gasteiger partial charge in [-0.15, -0.1) is 0 Å². The molecule has 7 N–H and O–H groups in total. The van der Waals surface area contributed by atoms with E-state index in [1.165, 1.54) is 6.07 Å². The molecule has 2 aromatic rings. The van der Waals surface area contributed by atoms with Crippen molar-refractivity contribution in [2.75, 3.05) is 0 Å². The number of fused-ring (bicyclic) bond motifs is 1. The van der Waals surface area contributed by atoms with E-state index in [1.54, 1.807) is 30.3 Å². The Balaban J connectivity index is 0.00000242. The maximum Gasteiger partial charge on any atom is 2.00 e. The summed E-state index contributed by atoms with van der Waals surface area (Å²) in [6.45, 7) is 0. The second kappa shape index (κ2) is 6.75. The molecule has 0 aliphatic rings. The van der Waals surface area contributed by atoms with Crippen LogP contribution in [0.1, 0.15) is 0 Å². The Morgan fingerprint density at radius 2 is 1.68 bits per heavy atom. The maximum absolute atomic E-state index is 11.6. The Bertz CT molecular complexity index is 860. The van der Waals surface area contributed by atoms with Crippen LogP contribution in [0.15, 0.2) is 51.3 Å². The minimum Gasteiger partial charge on any atom is -0.370 e. The van der Waals surface area contributed by atoms with Crippen molar-refractivity contribution < 1.29 is 30.0 Å². The van der Waals surface area contributed by atoms with Gasteiger partial charge < -0.3 is 17.2 Å². The van der Waals surface area contributed by atoms with Crippen LogP contribution in [0.3, 0.4) is 0 Å². The van der Waals surface area contributed by atoms with Gasteiger partial charge in [-0.25, -0.2) is 4.99 Å². The Kier molecular flexibility index (Phi) is 5.50. The molecule has 0 aromatic heterocycles. The van der Waals surface area contributed by atoms with Crippen LogP contribution in [0.5, 0.6) is 0 Å².